The Balaban J connectivity index is 2.92. The number of halogens is 4. The standard InChI is InChI=1S/C9H2BrCl2FN2O2/c10-6-4(13)1-3-7(11)5(15(16)17)2-14-9(3)8(6)12/h1-2H. The highest BCUT2D eigenvalue weighted by molar-refractivity contribution is 9.10. The monoisotopic (exact) mass is 338 g/mol. The van der Waals surface area contributed by atoms with Crippen molar-refractivity contribution in [1.29, 1.82) is 0 Å². The molecule has 0 N–H and O–H groups in total. The van der Waals surface area contributed by atoms with Gasteiger partial charge in [0.2, 0.25) is 0 Å². The number of rotatable bonds is 1. The van der Waals surface area contributed by atoms with Gasteiger partial charge in [-0.25, -0.2) is 9.37 Å². The molecule has 4 nitrogen and oxygen atoms in total. The fourth-order valence-corrected chi connectivity index (χ4v) is 2.13. The van der Waals surface area contributed by atoms with Gasteiger partial charge in [0, 0.05) is 5.39 Å². The van der Waals surface area contributed by atoms with Crippen LogP contribution >= 0.6 is 39.1 Å². The molecule has 1 heterocycles. The van der Waals surface area contributed by atoms with E-state index in [1.807, 2.05) is 0 Å². The van der Waals surface area contributed by atoms with Crippen molar-refractivity contribution in [3.63, 3.8) is 0 Å². The number of fused-ring (bicyclic) bond motifs is 1. The van der Waals surface area contributed by atoms with Crippen LogP contribution in [0.2, 0.25) is 10.0 Å². The number of nitro groups is 1. The van der Waals surface area contributed by atoms with Crippen molar-refractivity contribution >= 4 is 55.7 Å². The van der Waals surface area contributed by atoms with Crippen LogP contribution in [0.1, 0.15) is 0 Å². The van der Waals surface area contributed by atoms with Crippen molar-refractivity contribution in [3.05, 3.63) is 42.7 Å². The van der Waals surface area contributed by atoms with E-state index in [4.69, 9.17) is 23.2 Å². The van der Waals surface area contributed by atoms with E-state index < -0.39 is 16.4 Å². The second kappa shape index (κ2) is 4.36. The van der Waals surface area contributed by atoms with Crippen LogP contribution in [0.5, 0.6) is 0 Å². The summed E-state index contributed by atoms with van der Waals surface area (Å²) in [6.45, 7) is 0. The van der Waals surface area contributed by atoms with Gasteiger partial charge in [-0.05, 0) is 22.0 Å². The fourth-order valence-electron chi connectivity index (χ4n) is 1.33. The van der Waals surface area contributed by atoms with Crippen molar-refractivity contribution in [3.8, 4) is 0 Å². The van der Waals surface area contributed by atoms with Gasteiger partial charge in [-0.15, -0.1) is 0 Å². The zero-order valence-electron chi connectivity index (χ0n) is 7.88. The van der Waals surface area contributed by atoms with Gasteiger partial charge in [0.25, 0.3) is 0 Å². The van der Waals surface area contributed by atoms with Gasteiger partial charge in [-0.1, -0.05) is 23.2 Å². The molecule has 0 amide bonds. The summed E-state index contributed by atoms with van der Waals surface area (Å²) in [5.74, 6) is -0.660. The Morgan fingerprint density at radius 2 is 2.06 bits per heavy atom. The summed E-state index contributed by atoms with van der Waals surface area (Å²) in [5.41, 5.74) is -0.188. The van der Waals surface area contributed by atoms with Crippen molar-refractivity contribution < 1.29 is 9.31 Å². The Bertz CT molecular complexity index is 651. The first kappa shape index (κ1) is 12.5. The molecular weight excluding hydrogens is 338 g/mol. The molecule has 17 heavy (non-hydrogen) atoms. The van der Waals surface area contributed by atoms with Crippen molar-refractivity contribution in [2.24, 2.45) is 0 Å². The molecule has 0 saturated heterocycles. The van der Waals surface area contributed by atoms with E-state index in [0.717, 1.165) is 12.3 Å². The zero-order valence-corrected chi connectivity index (χ0v) is 11.0. The highest BCUT2D eigenvalue weighted by atomic mass is 79.9. The summed E-state index contributed by atoms with van der Waals surface area (Å²) in [4.78, 5) is 13.8. The molecule has 0 aliphatic carbocycles. The largest absolute Gasteiger partial charge is 0.306 e. The molecule has 0 atom stereocenters. The number of hydrogen-bond donors (Lipinski definition) is 0. The van der Waals surface area contributed by atoms with Gasteiger partial charge >= 0.3 is 5.69 Å². The number of pyridine rings is 1. The van der Waals surface area contributed by atoms with Crippen LogP contribution in [0.15, 0.2) is 16.7 Å². The van der Waals surface area contributed by atoms with Crippen molar-refractivity contribution in [2.45, 2.75) is 0 Å². The average molecular weight is 340 g/mol. The topological polar surface area (TPSA) is 56.0 Å². The lowest BCUT2D eigenvalue weighted by molar-refractivity contribution is -0.384. The summed E-state index contributed by atoms with van der Waals surface area (Å²) < 4.78 is 13.5. The second-order valence-electron chi connectivity index (χ2n) is 3.10. The Labute approximate surface area is 113 Å². The molecule has 88 valence electrons. The summed E-state index contributed by atoms with van der Waals surface area (Å²) >= 11 is 14.6. The van der Waals surface area contributed by atoms with E-state index in [1.165, 1.54) is 0 Å². The molecule has 2 aromatic rings. The number of benzene rings is 1. The molecule has 0 bridgehead atoms. The minimum absolute atomic E-state index is 0.0248. The maximum Gasteiger partial charge on any atom is 0.306 e. The molecule has 8 heteroatoms. The van der Waals surface area contributed by atoms with Crippen LogP contribution in [0, 0.1) is 15.9 Å². The Hall–Kier alpha value is -0.980. The Morgan fingerprint density at radius 3 is 2.65 bits per heavy atom. The average Bonchev–Trinajstić information content (AvgIpc) is 2.27. The van der Waals surface area contributed by atoms with E-state index in [9.17, 15) is 14.5 Å². The molecule has 0 aliphatic heterocycles. The lowest BCUT2D eigenvalue weighted by Crippen LogP contribution is -1.93. The molecule has 0 aliphatic rings. The van der Waals surface area contributed by atoms with E-state index in [0.29, 0.717) is 0 Å². The normalized spacial score (nSPS) is 10.8. The predicted molar refractivity (Wildman–Crippen MR) is 66.1 cm³/mol. The van der Waals surface area contributed by atoms with Gasteiger partial charge in [0.1, 0.15) is 17.0 Å². The Morgan fingerprint density at radius 1 is 1.41 bits per heavy atom. The van der Waals surface area contributed by atoms with Crippen molar-refractivity contribution in [2.75, 3.05) is 0 Å². The molecule has 0 unspecified atom stereocenters. The maximum atomic E-state index is 13.4. The first-order valence-corrected chi connectivity index (χ1v) is 5.74. The first-order valence-electron chi connectivity index (χ1n) is 4.19. The van der Waals surface area contributed by atoms with Gasteiger partial charge in [0.15, 0.2) is 0 Å². The first-order chi connectivity index (χ1) is 7.93. The molecule has 0 fully saturated rings. The molecule has 0 spiro atoms. The third-order valence-corrected chi connectivity index (χ3v) is 3.88. The lowest BCUT2D eigenvalue weighted by atomic mass is 10.2. The van der Waals surface area contributed by atoms with Crippen LogP contribution in [0.3, 0.4) is 0 Å². The van der Waals surface area contributed by atoms with Crippen molar-refractivity contribution in [1.82, 2.24) is 4.98 Å². The summed E-state index contributed by atoms with van der Waals surface area (Å²) in [6, 6.07) is 1.05. The lowest BCUT2D eigenvalue weighted by Gasteiger charge is -2.05. The Kier molecular flexibility index (Phi) is 3.20. The van der Waals surface area contributed by atoms with E-state index in [2.05, 4.69) is 20.9 Å². The molecule has 1 aromatic heterocycles. The zero-order chi connectivity index (χ0) is 12.7. The van der Waals surface area contributed by atoms with Crippen LogP contribution < -0.4 is 0 Å². The van der Waals surface area contributed by atoms with Crippen LogP contribution in [0.4, 0.5) is 10.1 Å². The SMILES string of the molecule is O=[N+]([O-])c1cnc2c(Cl)c(Br)c(F)cc2c1Cl. The summed E-state index contributed by atoms with van der Waals surface area (Å²) in [7, 11) is 0. The van der Waals surface area contributed by atoms with Gasteiger partial charge < -0.3 is 0 Å². The summed E-state index contributed by atoms with van der Waals surface area (Å²) in [5, 5.41) is 10.6. The van der Waals surface area contributed by atoms with Crippen LogP contribution in [-0.2, 0) is 0 Å². The van der Waals surface area contributed by atoms with E-state index in [1.54, 1.807) is 0 Å². The number of aromatic nitrogens is 1. The maximum absolute atomic E-state index is 13.4. The quantitative estimate of drug-likeness (QED) is 0.441. The fraction of sp³-hybridized carbons (Fsp3) is 0. The van der Waals surface area contributed by atoms with Crippen LogP contribution in [-0.4, -0.2) is 9.91 Å². The highest BCUT2D eigenvalue weighted by Gasteiger charge is 2.20. The molecule has 1 aromatic carbocycles. The molecule has 2 rings (SSSR count). The predicted octanol–water partition coefficient (Wildman–Crippen LogP) is 4.35. The summed E-state index contributed by atoms with van der Waals surface area (Å²) in [6.07, 6.45) is 0.987. The molecular formula is C9H2BrCl2FN2O2. The minimum atomic E-state index is -0.692. The minimum Gasteiger partial charge on any atom is -0.258 e. The second-order valence-corrected chi connectivity index (χ2v) is 4.65. The number of nitrogens with zero attached hydrogens (tertiary/aromatic N) is 2. The van der Waals surface area contributed by atoms with E-state index in [-0.39, 0.29) is 25.4 Å². The van der Waals surface area contributed by atoms with E-state index >= 15 is 0 Å². The highest BCUT2D eigenvalue weighted by Crippen LogP contribution is 2.38. The van der Waals surface area contributed by atoms with Gasteiger partial charge in [0.05, 0.1) is 19.9 Å². The van der Waals surface area contributed by atoms with Crippen LogP contribution in [0.25, 0.3) is 10.9 Å². The number of hydrogen-bond acceptors (Lipinski definition) is 3. The van der Waals surface area contributed by atoms with Gasteiger partial charge in [-0.2, -0.15) is 0 Å². The third kappa shape index (κ3) is 1.96. The third-order valence-electron chi connectivity index (χ3n) is 2.11. The molecule has 0 saturated carbocycles. The smallest absolute Gasteiger partial charge is 0.258 e. The van der Waals surface area contributed by atoms with Gasteiger partial charge in [-0.3, -0.25) is 10.1 Å². The molecule has 0 radical (unpaired) electrons.